The molecule has 158 valence electrons. The number of carbonyl (C=O) groups excluding carboxylic acids is 3. The summed E-state index contributed by atoms with van der Waals surface area (Å²) in [5, 5.41) is 8.33. The molecular formula is C23H28N4O3. The van der Waals surface area contributed by atoms with Crippen molar-refractivity contribution in [2.45, 2.75) is 33.2 Å². The van der Waals surface area contributed by atoms with E-state index in [-0.39, 0.29) is 24.4 Å². The van der Waals surface area contributed by atoms with Gasteiger partial charge in [0.05, 0.1) is 6.54 Å². The van der Waals surface area contributed by atoms with Crippen LogP contribution in [0.2, 0.25) is 0 Å². The van der Waals surface area contributed by atoms with Crippen LogP contribution in [0.15, 0.2) is 42.5 Å². The number of urea groups is 1. The quantitative estimate of drug-likeness (QED) is 0.686. The highest BCUT2D eigenvalue weighted by atomic mass is 16.2. The number of rotatable bonds is 6. The van der Waals surface area contributed by atoms with Gasteiger partial charge in [0.15, 0.2) is 0 Å². The summed E-state index contributed by atoms with van der Waals surface area (Å²) in [7, 11) is 0. The van der Waals surface area contributed by atoms with Crippen LogP contribution in [0.1, 0.15) is 39.9 Å². The van der Waals surface area contributed by atoms with E-state index >= 15 is 0 Å². The Bertz CT molecular complexity index is 916. The molecule has 2 aromatic carbocycles. The number of benzene rings is 2. The molecule has 1 saturated heterocycles. The van der Waals surface area contributed by atoms with E-state index in [1.54, 1.807) is 17.0 Å². The van der Waals surface area contributed by atoms with E-state index in [0.29, 0.717) is 17.8 Å². The van der Waals surface area contributed by atoms with Gasteiger partial charge >= 0.3 is 6.03 Å². The number of likely N-dealkylation sites (tertiary alicyclic amines) is 1. The predicted octanol–water partition coefficient (Wildman–Crippen LogP) is 2.98. The lowest BCUT2D eigenvalue weighted by Gasteiger charge is -2.16. The third-order valence-corrected chi connectivity index (χ3v) is 4.95. The Balaban J connectivity index is 1.46. The van der Waals surface area contributed by atoms with Crippen LogP contribution >= 0.6 is 0 Å². The molecule has 0 bridgehead atoms. The Kier molecular flexibility index (Phi) is 7.06. The van der Waals surface area contributed by atoms with Crippen molar-refractivity contribution in [3.63, 3.8) is 0 Å². The van der Waals surface area contributed by atoms with Gasteiger partial charge in [0.1, 0.15) is 0 Å². The molecule has 0 saturated carbocycles. The summed E-state index contributed by atoms with van der Waals surface area (Å²) < 4.78 is 0. The van der Waals surface area contributed by atoms with E-state index in [1.165, 1.54) is 0 Å². The van der Waals surface area contributed by atoms with E-state index in [2.05, 4.69) is 16.0 Å². The molecule has 0 spiro atoms. The summed E-state index contributed by atoms with van der Waals surface area (Å²) in [6.45, 7) is 5.64. The van der Waals surface area contributed by atoms with E-state index in [4.69, 9.17) is 0 Å². The van der Waals surface area contributed by atoms with Crippen LogP contribution in [0.25, 0.3) is 0 Å². The number of aryl methyl sites for hydroxylation is 2. The summed E-state index contributed by atoms with van der Waals surface area (Å²) in [4.78, 5) is 38.4. The van der Waals surface area contributed by atoms with Gasteiger partial charge in [-0.2, -0.15) is 0 Å². The van der Waals surface area contributed by atoms with Crippen molar-refractivity contribution in [1.82, 2.24) is 15.5 Å². The maximum absolute atomic E-state index is 12.2. The van der Waals surface area contributed by atoms with Crippen LogP contribution in [0.4, 0.5) is 10.5 Å². The first kappa shape index (κ1) is 21.4. The lowest BCUT2D eigenvalue weighted by Crippen LogP contribution is -2.36. The highest BCUT2D eigenvalue weighted by Crippen LogP contribution is 2.14. The Morgan fingerprint density at radius 3 is 2.33 bits per heavy atom. The number of hydrogen-bond acceptors (Lipinski definition) is 3. The fourth-order valence-electron chi connectivity index (χ4n) is 3.51. The third-order valence-electron chi connectivity index (χ3n) is 4.95. The summed E-state index contributed by atoms with van der Waals surface area (Å²) in [5.74, 6) is -0.553. The van der Waals surface area contributed by atoms with Gasteiger partial charge in [-0.1, -0.05) is 29.3 Å². The number of amides is 4. The van der Waals surface area contributed by atoms with Crippen molar-refractivity contribution >= 4 is 23.5 Å². The van der Waals surface area contributed by atoms with Crippen LogP contribution < -0.4 is 16.0 Å². The molecule has 7 nitrogen and oxygen atoms in total. The van der Waals surface area contributed by atoms with Crippen molar-refractivity contribution < 1.29 is 14.4 Å². The van der Waals surface area contributed by atoms with E-state index in [0.717, 1.165) is 42.6 Å². The topological polar surface area (TPSA) is 90.5 Å². The number of anilines is 1. The molecule has 0 unspecified atom stereocenters. The van der Waals surface area contributed by atoms with Gasteiger partial charge in [0, 0.05) is 30.9 Å². The summed E-state index contributed by atoms with van der Waals surface area (Å²) in [6.07, 6.45) is 2.08. The molecule has 1 aliphatic heterocycles. The Hall–Kier alpha value is -3.35. The second-order valence-corrected chi connectivity index (χ2v) is 7.66. The molecule has 2 aromatic rings. The molecule has 3 rings (SSSR count). The van der Waals surface area contributed by atoms with Gasteiger partial charge in [-0.25, -0.2) is 4.79 Å². The van der Waals surface area contributed by atoms with Crippen molar-refractivity contribution in [2.24, 2.45) is 0 Å². The van der Waals surface area contributed by atoms with Crippen LogP contribution in [0.3, 0.4) is 0 Å². The SMILES string of the molecule is Cc1cc(C)cc(C(=O)NCC(=O)NCc2cccc(NC(=O)N3CCCC3)c2)c1. The lowest BCUT2D eigenvalue weighted by atomic mass is 10.1. The fraction of sp³-hybridized carbons (Fsp3) is 0.348. The first-order valence-corrected chi connectivity index (χ1v) is 10.2. The molecule has 1 aliphatic rings. The molecule has 1 fully saturated rings. The minimum atomic E-state index is -0.278. The van der Waals surface area contributed by atoms with Crippen molar-refractivity contribution in [3.8, 4) is 0 Å². The number of hydrogen-bond donors (Lipinski definition) is 3. The van der Waals surface area contributed by atoms with Gasteiger partial charge in [0.2, 0.25) is 5.91 Å². The van der Waals surface area contributed by atoms with Crippen LogP contribution in [0, 0.1) is 13.8 Å². The van der Waals surface area contributed by atoms with Crippen molar-refractivity contribution in [2.75, 3.05) is 25.0 Å². The number of carbonyl (C=O) groups is 3. The maximum atomic E-state index is 12.2. The lowest BCUT2D eigenvalue weighted by molar-refractivity contribution is -0.120. The first-order chi connectivity index (χ1) is 14.4. The zero-order chi connectivity index (χ0) is 21.5. The summed E-state index contributed by atoms with van der Waals surface area (Å²) in [5.41, 5.74) is 4.11. The van der Waals surface area contributed by atoms with E-state index in [9.17, 15) is 14.4 Å². The third kappa shape index (κ3) is 6.07. The number of nitrogens with zero attached hydrogens (tertiary/aromatic N) is 1. The van der Waals surface area contributed by atoms with E-state index < -0.39 is 0 Å². The molecule has 0 radical (unpaired) electrons. The van der Waals surface area contributed by atoms with Crippen LogP contribution in [0.5, 0.6) is 0 Å². The van der Waals surface area contributed by atoms with Gasteiger partial charge in [0.25, 0.3) is 5.91 Å². The zero-order valence-electron chi connectivity index (χ0n) is 17.5. The fourth-order valence-corrected chi connectivity index (χ4v) is 3.51. The monoisotopic (exact) mass is 408 g/mol. The van der Waals surface area contributed by atoms with Crippen LogP contribution in [-0.4, -0.2) is 42.4 Å². The molecule has 3 N–H and O–H groups in total. The molecule has 0 atom stereocenters. The second-order valence-electron chi connectivity index (χ2n) is 7.66. The van der Waals surface area contributed by atoms with Crippen molar-refractivity contribution in [3.05, 3.63) is 64.7 Å². The average molecular weight is 409 g/mol. The highest BCUT2D eigenvalue weighted by Gasteiger charge is 2.17. The average Bonchev–Trinajstić information content (AvgIpc) is 3.25. The van der Waals surface area contributed by atoms with Gasteiger partial charge in [-0.15, -0.1) is 0 Å². The van der Waals surface area contributed by atoms with Gasteiger partial charge < -0.3 is 20.9 Å². The van der Waals surface area contributed by atoms with Crippen LogP contribution in [-0.2, 0) is 11.3 Å². The molecule has 4 amide bonds. The normalized spacial score (nSPS) is 13.1. The largest absolute Gasteiger partial charge is 0.350 e. The minimum absolute atomic E-state index is 0.0946. The molecule has 30 heavy (non-hydrogen) atoms. The molecule has 0 aliphatic carbocycles. The Morgan fingerprint density at radius 1 is 0.933 bits per heavy atom. The highest BCUT2D eigenvalue weighted by molar-refractivity contribution is 5.96. The first-order valence-electron chi connectivity index (χ1n) is 10.2. The molecule has 7 heteroatoms. The van der Waals surface area contributed by atoms with Gasteiger partial charge in [-0.05, 0) is 56.5 Å². The molecule has 1 heterocycles. The Labute approximate surface area is 176 Å². The van der Waals surface area contributed by atoms with E-state index in [1.807, 2.05) is 44.2 Å². The van der Waals surface area contributed by atoms with Crippen molar-refractivity contribution in [1.29, 1.82) is 0 Å². The smallest absolute Gasteiger partial charge is 0.321 e. The molecular weight excluding hydrogens is 380 g/mol. The maximum Gasteiger partial charge on any atom is 0.321 e. The predicted molar refractivity (Wildman–Crippen MR) is 116 cm³/mol. The molecule has 0 aromatic heterocycles. The minimum Gasteiger partial charge on any atom is -0.350 e. The zero-order valence-corrected chi connectivity index (χ0v) is 17.5. The summed E-state index contributed by atoms with van der Waals surface area (Å²) in [6, 6.07) is 12.9. The Morgan fingerprint density at radius 2 is 1.63 bits per heavy atom. The van der Waals surface area contributed by atoms with Gasteiger partial charge in [-0.3, -0.25) is 9.59 Å². The summed E-state index contributed by atoms with van der Waals surface area (Å²) >= 11 is 0. The second kappa shape index (κ2) is 9.91. The number of nitrogens with one attached hydrogen (secondary N) is 3. The standard InChI is InChI=1S/C23H28N4O3/c1-16-10-17(2)12-19(11-16)22(29)25-15-21(28)24-14-18-6-5-7-20(13-18)26-23(30)27-8-3-4-9-27/h5-7,10-13H,3-4,8-9,14-15H2,1-2H3,(H,24,28)(H,25,29)(H,26,30).